The van der Waals surface area contributed by atoms with Gasteiger partial charge in [0.05, 0.1) is 5.52 Å². The number of anilines is 1. The number of aromatic nitrogens is 2. The van der Waals surface area contributed by atoms with Crippen LogP contribution < -0.4 is 15.0 Å². The molecule has 0 radical (unpaired) electrons. The summed E-state index contributed by atoms with van der Waals surface area (Å²) in [5.74, 6) is 1.41. The van der Waals surface area contributed by atoms with Crippen LogP contribution >= 0.6 is 11.6 Å². The van der Waals surface area contributed by atoms with E-state index in [1.54, 1.807) is 0 Å². The van der Waals surface area contributed by atoms with Gasteiger partial charge in [-0.05, 0) is 96.9 Å². The van der Waals surface area contributed by atoms with E-state index in [9.17, 15) is 5.11 Å². The van der Waals surface area contributed by atoms with Crippen LogP contribution in [0.3, 0.4) is 0 Å². The van der Waals surface area contributed by atoms with E-state index in [2.05, 4.69) is 40.4 Å². The van der Waals surface area contributed by atoms with Gasteiger partial charge in [0, 0.05) is 53.1 Å². The summed E-state index contributed by atoms with van der Waals surface area (Å²) in [5, 5.41) is 18.4. The third-order valence-electron chi connectivity index (χ3n) is 10.2. The van der Waals surface area contributed by atoms with Gasteiger partial charge in [-0.25, -0.2) is 0 Å². The number of nitrogens with zero attached hydrogens (tertiary/aromatic N) is 4. The highest BCUT2D eigenvalue weighted by molar-refractivity contribution is 6.35. The molecule has 3 saturated heterocycles. The first-order chi connectivity index (χ1) is 19.5. The van der Waals surface area contributed by atoms with E-state index in [4.69, 9.17) is 26.3 Å². The number of ether oxygens (including phenoxy) is 1. The van der Waals surface area contributed by atoms with Crippen molar-refractivity contribution in [1.29, 1.82) is 0 Å². The Balaban J connectivity index is 1.26. The average Bonchev–Trinajstić information content (AvgIpc) is 3.49. The second kappa shape index (κ2) is 8.44. The van der Waals surface area contributed by atoms with Gasteiger partial charge in [0.25, 0.3) is 0 Å². The van der Waals surface area contributed by atoms with Crippen molar-refractivity contribution in [3.8, 4) is 22.9 Å². The molecule has 0 saturated carbocycles. The molecule has 1 aromatic heterocycles. The zero-order valence-electron chi connectivity index (χ0n) is 22.6. The molecule has 0 spiro atoms. The van der Waals surface area contributed by atoms with Gasteiger partial charge in [0.1, 0.15) is 18.2 Å². The Kier molecular flexibility index (Phi) is 4.97. The molecule has 2 N–H and O–H groups in total. The van der Waals surface area contributed by atoms with Crippen molar-refractivity contribution >= 4 is 39.1 Å². The molecule has 3 fully saturated rings. The van der Waals surface area contributed by atoms with Crippen LogP contribution in [0, 0.1) is 0 Å². The Morgan fingerprint density at radius 3 is 2.73 bits per heavy atom. The number of phenolic OH excluding ortho intramolecular Hbond substituents is 1. The van der Waals surface area contributed by atoms with Gasteiger partial charge < -0.3 is 25.0 Å². The fourth-order valence-electron chi connectivity index (χ4n) is 8.20. The smallest absolute Gasteiger partial charge is 0.319 e. The standard InChI is InChI=1S/C32H32ClN5O2/c1-37-8-2-3-20(37)15-40-32-35-30-24(31(36-32)38-13-18-6-7-19(14-38)34-18)12-25(33)28-23-11-21(39)9-16-4-5-17-10-22(29(28)30)27(17)26(16)23/h4-5,9,11-12,18-20,22,34,39H,2-3,6-8,10,13-15H2,1H3/t18?,19?,20-,22?/m0/s1. The summed E-state index contributed by atoms with van der Waals surface area (Å²) in [4.78, 5) is 15.0. The molecule has 3 aromatic carbocycles. The summed E-state index contributed by atoms with van der Waals surface area (Å²) in [5.41, 5.74) is 6.82. The van der Waals surface area contributed by atoms with Gasteiger partial charge >= 0.3 is 6.01 Å². The van der Waals surface area contributed by atoms with E-state index in [1.807, 2.05) is 12.1 Å². The van der Waals surface area contributed by atoms with Crippen molar-refractivity contribution in [2.75, 3.05) is 38.2 Å². The van der Waals surface area contributed by atoms with E-state index in [-0.39, 0.29) is 11.7 Å². The van der Waals surface area contributed by atoms with Crippen LogP contribution in [0.25, 0.3) is 32.8 Å². The highest BCUT2D eigenvalue weighted by Crippen LogP contribution is 2.57. The molecule has 5 aliphatic rings. The van der Waals surface area contributed by atoms with Gasteiger partial charge in [-0.2, -0.15) is 9.97 Å². The van der Waals surface area contributed by atoms with Crippen molar-refractivity contribution in [3.63, 3.8) is 0 Å². The van der Waals surface area contributed by atoms with Crippen LogP contribution in [-0.2, 0) is 6.42 Å². The maximum Gasteiger partial charge on any atom is 0.319 e. The first-order valence-electron chi connectivity index (χ1n) is 14.7. The Bertz CT molecular complexity index is 1730. The fourth-order valence-corrected chi connectivity index (χ4v) is 8.52. The lowest BCUT2D eigenvalue weighted by molar-refractivity contribution is 0.188. The lowest BCUT2D eigenvalue weighted by atomic mass is 9.65. The van der Waals surface area contributed by atoms with Crippen molar-refractivity contribution in [2.24, 2.45) is 0 Å². The second-order valence-corrected chi connectivity index (χ2v) is 12.9. The molecule has 4 aromatic rings. The second-order valence-electron chi connectivity index (χ2n) is 12.5. The van der Waals surface area contributed by atoms with Crippen LogP contribution in [0.4, 0.5) is 5.82 Å². The molecule has 4 heterocycles. The van der Waals surface area contributed by atoms with Crippen LogP contribution in [0.15, 0.2) is 30.3 Å². The zero-order valence-corrected chi connectivity index (χ0v) is 23.3. The third kappa shape index (κ3) is 3.31. The molecule has 9 rings (SSSR count). The molecule has 3 unspecified atom stereocenters. The van der Waals surface area contributed by atoms with Crippen LogP contribution in [0.1, 0.15) is 48.3 Å². The predicted octanol–water partition coefficient (Wildman–Crippen LogP) is 5.22. The van der Waals surface area contributed by atoms with Crippen molar-refractivity contribution in [2.45, 2.75) is 56.1 Å². The number of nitrogens with one attached hydrogen (secondary N) is 1. The Labute approximate surface area is 238 Å². The molecular weight excluding hydrogens is 522 g/mol. The molecule has 7 nitrogen and oxygen atoms in total. The summed E-state index contributed by atoms with van der Waals surface area (Å²) in [7, 11) is 2.17. The lowest BCUT2D eigenvalue weighted by Crippen LogP contribution is -2.51. The van der Waals surface area contributed by atoms with Crippen LogP contribution in [0.2, 0.25) is 5.02 Å². The van der Waals surface area contributed by atoms with Crippen molar-refractivity contribution < 1.29 is 9.84 Å². The monoisotopic (exact) mass is 553 g/mol. The number of fused-ring (bicyclic) bond motifs is 7. The van der Waals surface area contributed by atoms with Crippen molar-refractivity contribution in [1.82, 2.24) is 20.2 Å². The number of benzene rings is 3. The normalized spacial score (nSPS) is 26.4. The summed E-state index contributed by atoms with van der Waals surface area (Å²) in [6, 6.07) is 11.9. The molecule has 204 valence electrons. The Morgan fingerprint density at radius 1 is 1.07 bits per heavy atom. The molecule has 8 heteroatoms. The largest absolute Gasteiger partial charge is 0.508 e. The molecule has 0 amide bonds. The molecule has 2 bridgehead atoms. The summed E-state index contributed by atoms with van der Waals surface area (Å²) in [6.45, 7) is 3.54. The zero-order chi connectivity index (χ0) is 26.7. The van der Waals surface area contributed by atoms with Gasteiger partial charge in [0.15, 0.2) is 0 Å². The van der Waals surface area contributed by atoms with Crippen LogP contribution in [-0.4, -0.2) is 71.4 Å². The number of piperazine rings is 1. The summed E-state index contributed by atoms with van der Waals surface area (Å²) >= 11 is 7.19. The molecule has 3 aliphatic heterocycles. The Morgan fingerprint density at radius 2 is 1.93 bits per heavy atom. The van der Waals surface area contributed by atoms with Gasteiger partial charge in [-0.1, -0.05) is 23.7 Å². The fraction of sp³-hybridized carbons (Fsp3) is 0.438. The Hall–Kier alpha value is -3.13. The van der Waals surface area contributed by atoms with E-state index in [1.165, 1.54) is 35.8 Å². The van der Waals surface area contributed by atoms with E-state index >= 15 is 0 Å². The van der Waals surface area contributed by atoms with Gasteiger partial charge in [-0.15, -0.1) is 0 Å². The first kappa shape index (κ1) is 23.6. The third-order valence-corrected chi connectivity index (χ3v) is 10.5. The molecular formula is C32H32ClN5O2. The highest BCUT2D eigenvalue weighted by atomic mass is 35.5. The summed E-state index contributed by atoms with van der Waals surface area (Å²) in [6.07, 6.45) is 5.71. The van der Waals surface area contributed by atoms with Gasteiger partial charge in [-0.3, -0.25) is 0 Å². The molecule has 40 heavy (non-hydrogen) atoms. The maximum atomic E-state index is 10.7. The van der Waals surface area contributed by atoms with Crippen molar-refractivity contribution in [3.05, 3.63) is 52.0 Å². The lowest BCUT2D eigenvalue weighted by Gasteiger charge is -2.39. The maximum absolute atomic E-state index is 10.7. The number of likely N-dealkylation sites (tertiary alicyclic amines) is 1. The highest BCUT2D eigenvalue weighted by Gasteiger charge is 2.40. The SMILES string of the molecule is CN1CCC[C@H]1COc1nc(N2CC3CCC(C2)N3)c2cc(Cl)c3c(c2n1)C1Cc2ccc4cc(O)cc-3c4c21. The average molecular weight is 554 g/mol. The number of phenols is 1. The predicted molar refractivity (Wildman–Crippen MR) is 158 cm³/mol. The molecule has 2 aliphatic carbocycles. The van der Waals surface area contributed by atoms with Gasteiger partial charge in [0.2, 0.25) is 0 Å². The number of likely N-dealkylation sites (N-methyl/N-ethyl adjacent to an activating group) is 1. The first-order valence-corrected chi connectivity index (χ1v) is 15.1. The number of hydrogen-bond donors (Lipinski definition) is 2. The number of aromatic hydroxyl groups is 1. The number of halogens is 1. The van der Waals surface area contributed by atoms with E-state index < -0.39 is 0 Å². The quantitative estimate of drug-likeness (QED) is 0.359. The minimum absolute atomic E-state index is 0.225. The minimum Gasteiger partial charge on any atom is -0.508 e. The van der Waals surface area contributed by atoms with E-state index in [0.29, 0.717) is 35.8 Å². The number of rotatable bonds is 4. The topological polar surface area (TPSA) is 73.8 Å². The van der Waals surface area contributed by atoms with E-state index in [0.717, 1.165) is 71.3 Å². The number of hydrogen-bond acceptors (Lipinski definition) is 7. The van der Waals surface area contributed by atoms with Crippen LogP contribution in [0.5, 0.6) is 11.8 Å². The molecule has 4 atom stereocenters. The minimum atomic E-state index is 0.225. The summed E-state index contributed by atoms with van der Waals surface area (Å²) < 4.78 is 6.41.